The standard InChI is InChI=1S/C21H23F3N2O3/c1-28-17-7-2-14(3-8-17)12-19(27)26-16-5-9-18(10-6-16)29-20-11-4-15(13-25-20)21(22,23)24/h2-4,7-8,11,13,16,18H,5-6,9-10,12H2,1H3,(H,26,27). The summed E-state index contributed by atoms with van der Waals surface area (Å²) in [6, 6.07) is 9.64. The second kappa shape index (κ2) is 9.15. The van der Waals surface area contributed by atoms with E-state index >= 15 is 0 Å². The molecule has 156 valence electrons. The molecule has 1 heterocycles. The van der Waals surface area contributed by atoms with Gasteiger partial charge in [0.05, 0.1) is 19.1 Å². The monoisotopic (exact) mass is 408 g/mol. The molecule has 3 rings (SSSR count). The molecule has 0 atom stereocenters. The largest absolute Gasteiger partial charge is 0.497 e. The predicted molar refractivity (Wildman–Crippen MR) is 101 cm³/mol. The molecule has 0 unspecified atom stereocenters. The first-order chi connectivity index (χ1) is 13.8. The molecule has 1 fully saturated rings. The fourth-order valence-corrected chi connectivity index (χ4v) is 3.32. The Bertz CT molecular complexity index is 799. The lowest BCUT2D eigenvalue weighted by atomic mass is 9.92. The summed E-state index contributed by atoms with van der Waals surface area (Å²) < 4.78 is 48.5. The van der Waals surface area contributed by atoms with Crippen molar-refractivity contribution in [2.24, 2.45) is 0 Å². The summed E-state index contributed by atoms with van der Waals surface area (Å²) in [5, 5.41) is 3.04. The minimum absolute atomic E-state index is 0.0380. The van der Waals surface area contributed by atoms with E-state index in [2.05, 4.69) is 10.3 Å². The zero-order valence-corrected chi connectivity index (χ0v) is 16.0. The summed E-state index contributed by atoms with van der Waals surface area (Å²) in [7, 11) is 1.59. The van der Waals surface area contributed by atoms with E-state index in [4.69, 9.17) is 9.47 Å². The molecule has 2 aromatic rings. The number of nitrogens with one attached hydrogen (secondary N) is 1. The maximum Gasteiger partial charge on any atom is 0.417 e. The van der Waals surface area contributed by atoms with Crippen molar-refractivity contribution < 1.29 is 27.4 Å². The van der Waals surface area contributed by atoms with Crippen LogP contribution in [-0.4, -0.2) is 30.1 Å². The Kier molecular flexibility index (Phi) is 6.61. The van der Waals surface area contributed by atoms with E-state index in [1.807, 2.05) is 24.3 Å². The van der Waals surface area contributed by atoms with Crippen LogP contribution in [0, 0.1) is 0 Å². The van der Waals surface area contributed by atoms with E-state index < -0.39 is 11.7 Å². The maximum atomic E-state index is 12.6. The van der Waals surface area contributed by atoms with Crippen LogP contribution >= 0.6 is 0 Å². The number of hydrogen-bond donors (Lipinski definition) is 1. The molecule has 1 aliphatic carbocycles. The van der Waals surface area contributed by atoms with E-state index in [0.29, 0.717) is 19.3 Å². The number of amides is 1. The summed E-state index contributed by atoms with van der Waals surface area (Å²) in [5.41, 5.74) is 0.113. The van der Waals surface area contributed by atoms with Crippen molar-refractivity contribution in [1.29, 1.82) is 0 Å². The molecule has 29 heavy (non-hydrogen) atoms. The number of carbonyl (C=O) groups excluding carboxylic acids is 1. The number of nitrogens with zero attached hydrogens (tertiary/aromatic N) is 1. The van der Waals surface area contributed by atoms with Crippen LogP contribution in [0.5, 0.6) is 11.6 Å². The third-order valence-electron chi connectivity index (χ3n) is 4.91. The fourth-order valence-electron chi connectivity index (χ4n) is 3.32. The van der Waals surface area contributed by atoms with Crippen LogP contribution < -0.4 is 14.8 Å². The smallest absolute Gasteiger partial charge is 0.417 e. The first-order valence-corrected chi connectivity index (χ1v) is 9.45. The first-order valence-electron chi connectivity index (χ1n) is 9.45. The third kappa shape index (κ3) is 6.10. The molecule has 0 aliphatic heterocycles. The molecule has 0 bridgehead atoms. The Labute approximate surface area is 167 Å². The van der Waals surface area contributed by atoms with Gasteiger partial charge in [0.25, 0.3) is 0 Å². The topological polar surface area (TPSA) is 60.5 Å². The van der Waals surface area contributed by atoms with Gasteiger partial charge < -0.3 is 14.8 Å². The number of methoxy groups -OCH3 is 1. The second-order valence-corrected chi connectivity index (χ2v) is 7.07. The van der Waals surface area contributed by atoms with Crippen molar-refractivity contribution in [1.82, 2.24) is 10.3 Å². The van der Waals surface area contributed by atoms with Gasteiger partial charge in [0, 0.05) is 18.3 Å². The summed E-state index contributed by atoms with van der Waals surface area (Å²) in [6.45, 7) is 0. The van der Waals surface area contributed by atoms with Crippen LogP contribution in [0.15, 0.2) is 42.6 Å². The zero-order chi connectivity index (χ0) is 20.9. The normalized spacial score (nSPS) is 19.4. The fraction of sp³-hybridized carbons (Fsp3) is 0.429. The number of pyridine rings is 1. The lowest BCUT2D eigenvalue weighted by Crippen LogP contribution is -2.40. The number of alkyl halides is 3. The molecule has 1 aromatic heterocycles. The highest BCUT2D eigenvalue weighted by atomic mass is 19.4. The van der Waals surface area contributed by atoms with Crippen molar-refractivity contribution >= 4 is 5.91 Å². The van der Waals surface area contributed by atoms with Crippen molar-refractivity contribution in [3.05, 3.63) is 53.7 Å². The quantitative estimate of drug-likeness (QED) is 0.780. The van der Waals surface area contributed by atoms with Gasteiger partial charge in [0.2, 0.25) is 11.8 Å². The number of rotatable bonds is 6. The van der Waals surface area contributed by atoms with Crippen molar-refractivity contribution in [2.75, 3.05) is 7.11 Å². The molecule has 1 aliphatic rings. The van der Waals surface area contributed by atoms with Gasteiger partial charge in [-0.05, 0) is 49.4 Å². The van der Waals surface area contributed by atoms with Crippen molar-refractivity contribution in [3.63, 3.8) is 0 Å². The van der Waals surface area contributed by atoms with E-state index in [9.17, 15) is 18.0 Å². The van der Waals surface area contributed by atoms with Crippen molar-refractivity contribution in [3.8, 4) is 11.6 Å². The van der Waals surface area contributed by atoms with Gasteiger partial charge in [-0.3, -0.25) is 4.79 Å². The number of hydrogen-bond acceptors (Lipinski definition) is 4. The third-order valence-corrected chi connectivity index (χ3v) is 4.91. The second-order valence-electron chi connectivity index (χ2n) is 7.07. The van der Waals surface area contributed by atoms with Gasteiger partial charge in [-0.1, -0.05) is 12.1 Å². The molecular weight excluding hydrogens is 385 g/mol. The van der Waals surface area contributed by atoms with E-state index in [1.165, 1.54) is 6.07 Å². The Morgan fingerprint density at radius 2 is 1.79 bits per heavy atom. The lowest BCUT2D eigenvalue weighted by molar-refractivity contribution is -0.137. The first kappa shape index (κ1) is 21.0. The Morgan fingerprint density at radius 1 is 1.10 bits per heavy atom. The summed E-state index contributed by atoms with van der Waals surface area (Å²) in [6.07, 6.45) is -0.538. The highest BCUT2D eigenvalue weighted by molar-refractivity contribution is 5.78. The Hall–Kier alpha value is -2.77. The zero-order valence-electron chi connectivity index (χ0n) is 16.0. The van der Waals surface area contributed by atoms with Crippen LogP contribution in [-0.2, 0) is 17.4 Å². The van der Waals surface area contributed by atoms with Gasteiger partial charge in [-0.2, -0.15) is 13.2 Å². The van der Waals surface area contributed by atoms with Crippen LogP contribution in [0.1, 0.15) is 36.8 Å². The molecule has 0 saturated heterocycles. The molecule has 1 aromatic carbocycles. The minimum Gasteiger partial charge on any atom is -0.497 e. The molecule has 0 spiro atoms. The van der Waals surface area contributed by atoms with Crippen LogP contribution in [0.2, 0.25) is 0 Å². The summed E-state index contributed by atoms with van der Waals surface area (Å²) in [5.74, 6) is 0.893. The highest BCUT2D eigenvalue weighted by Gasteiger charge is 2.31. The van der Waals surface area contributed by atoms with Gasteiger partial charge >= 0.3 is 6.18 Å². The summed E-state index contributed by atoms with van der Waals surface area (Å²) in [4.78, 5) is 16.0. The summed E-state index contributed by atoms with van der Waals surface area (Å²) >= 11 is 0. The van der Waals surface area contributed by atoms with Crippen LogP contribution in [0.3, 0.4) is 0 Å². The molecule has 1 amide bonds. The highest BCUT2D eigenvalue weighted by Crippen LogP contribution is 2.30. The van der Waals surface area contributed by atoms with Crippen LogP contribution in [0.25, 0.3) is 0 Å². The molecule has 5 nitrogen and oxygen atoms in total. The lowest BCUT2D eigenvalue weighted by Gasteiger charge is -2.29. The number of carbonyl (C=O) groups is 1. The maximum absolute atomic E-state index is 12.6. The number of aromatic nitrogens is 1. The molecule has 1 saturated carbocycles. The number of halogens is 3. The average Bonchev–Trinajstić information content (AvgIpc) is 2.70. The Balaban J connectivity index is 1.42. The minimum atomic E-state index is -4.41. The van der Waals surface area contributed by atoms with E-state index in [1.54, 1.807) is 7.11 Å². The number of ether oxygens (including phenoxy) is 2. The molecule has 1 N–H and O–H groups in total. The predicted octanol–water partition coefficient (Wildman–Crippen LogP) is 4.16. The number of benzene rings is 1. The van der Waals surface area contributed by atoms with E-state index in [-0.39, 0.29) is 23.9 Å². The van der Waals surface area contributed by atoms with Gasteiger partial charge in [-0.25, -0.2) is 4.98 Å². The molecule has 0 radical (unpaired) electrons. The van der Waals surface area contributed by atoms with E-state index in [0.717, 1.165) is 36.4 Å². The molecular formula is C21H23F3N2O3. The molecule has 8 heteroatoms. The average molecular weight is 408 g/mol. The van der Waals surface area contributed by atoms with Crippen molar-refractivity contribution in [2.45, 2.75) is 50.4 Å². The van der Waals surface area contributed by atoms with Gasteiger partial charge in [0.1, 0.15) is 11.9 Å². The SMILES string of the molecule is COc1ccc(CC(=O)NC2CCC(Oc3ccc(C(F)(F)F)cn3)CC2)cc1. The van der Waals surface area contributed by atoms with Gasteiger partial charge in [0.15, 0.2) is 0 Å². The van der Waals surface area contributed by atoms with Gasteiger partial charge in [-0.15, -0.1) is 0 Å². The Morgan fingerprint density at radius 3 is 2.34 bits per heavy atom. The van der Waals surface area contributed by atoms with Crippen LogP contribution in [0.4, 0.5) is 13.2 Å².